The summed E-state index contributed by atoms with van der Waals surface area (Å²) in [5.41, 5.74) is 1.03. The first-order valence-electron chi connectivity index (χ1n) is 12.3. The number of nitrogens with zero attached hydrogens (tertiary/aromatic N) is 2. The summed E-state index contributed by atoms with van der Waals surface area (Å²) in [5.74, 6) is 5.34. The lowest BCUT2D eigenvalue weighted by Gasteiger charge is -2.25. The molecule has 0 radical (unpaired) electrons. The predicted molar refractivity (Wildman–Crippen MR) is 148 cm³/mol. The third-order valence-corrected chi connectivity index (χ3v) is 6.25. The topological polar surface area (TPSA) is 104 Å². The molecule has 1 aliphatic carbocycles. The monoisotopic (exact) mass is 538 g/mol. The van der Waals surface area contributed by atoms with E-state index in [-0.39, 0.29) is 22.7 Å². The number of aldehydes is 1. The lowest BCUT2D eigenvalue weighted by Crippen LogP contribution is -2.27. The van der Waals surface area contributed by atoms with E-state index in [4.69, 9.17) is 4.74 Å². The van der Waals surface area contributed by atoms with Gasteiger partial charge in [-0.05, 0) is 76.3 Å². The number of ether oxygens (including phenoxy) is 1. The molecule has 0 bridgehead atoms. The largest absolute Gasteiger partial charge is 0.444 e. The minimum Gasteiger partial charge on any atom is -0.444 e. The molecule has 10 heteroatoms. The molecule has 2 aromatic heterocycles. The number of hydrogen-bond donors (Lipinski definition) is 2. The van der Waals surface area contributed by atoms with Gasteiger partial charge < -0.3 is 9.64 Å². The van der Waals surface area contributed by atoms with E-state index in [1.807, 2.05) is 18.7 Å². The number of H-pyrrole nitrogens is 1. The summed E-state index contributed by atoms with van der Waals surface area (Å²) < 4.78 is 22.7. The molecule has 8 nitrogen and oxygen atoms in total. The van der Waals surface area contributed by atoms with E-state index in [9.17, 15) is 18.8 Å². The van der Waals surface area contributed by atoms with Crippen LogP contribution in [-0.2, 0) is 4.74 Å². The lowest BCUT2D eigenvalue weighted by atomic mass is 10.1. The molecule has 1 saturated carbocycles. The number of carbonyl (C=O) groups excluding carboxylic acids is 2. The molecule has 0 atom stereocenters. The molecule has 4 rings (SSSR count). The predicted octanol–water partition coefficient (Wildman–Crippen LogP) is 6.16. The third kappa shape index (κ3) is 7.07. The van der Waals surface area contributed by atoms with Gasteiger partial charge in [0.15, 0.2) is 6.29 Å². The number of hydrogen-bond acceptors (Lipinski definition) is 7. The number of aromatic amines is 1. The summed E-state index contributed by atoms with van der Waals surface area (Å²) in [6.45, 7) is 11.0. The van der Waals surface area contributed by atoms with Gasteiger partial charge in [0.25, 0.3) is 5.56 Å². The van der Waals surface area contributed by atoms with Crippen molar-refractivity contribution in [3.63, 3.8) is 0 Å². The van der Waals surface area contributed by atoms with Crippen molar-refractivity contribution >= 4 is 40.4 Å². The van der Waals surface area contributed by atoms with Gasteiger partial charge in [0.2, 0.25) is 0 Å². The molecule has 0 unspecified atom stereocenters. The molecule has 1 fully saturated rings. The van der Waals surface area contributed by atoms with Crippen LogP contribution in [0.5, 0.6) is 0 Å². The average molecular weight is 539 g/mol. The number of nitrogens with one attached hydrogen (secondary N) is 2. The normalized spacial score (nSPS) is 12.4. The Hall–Kier alpha value is -3.97. The summed E-state index contributed by atoms with van der Waals surface area (Å²) in [5, 5.41) is 3.24. The van der Waals surface area contributed by atoms with E-state index in [1.165, 1.54) is 23.8 Å². The van der Waals surface area contributed by atoms with E-state index in [0.717, 1.165) is 12.8 Å². The molecule has 38 heavy (non-hydrogen) atoms. The Bertz CT molecular complexity index is 1420. The van der Waals surface area contributed by atoms with Gasteiger partial charge in [-0.25, -0.2) is 14.2 Å². The molecule has 0 spiro atoms. The third-order valence-electron chi connectivity index (χ3n) is 5.27. The molecular weight excluding hydrogens is 507 g/mol. The number of pyridine rings is 1. The van der Waals surface area contributed by atoms with E-state index in [2.05, 4.69) is 26.5 Å². The molecule has 3 aromatic rings. The Balaban J connectivity index is 0.00000195. The number of amides is 1. The molecule has 1 amide bonds. The Morgan fingerprint density at radius 3 is 2.50 bits per heavy atom. The van der Waals surface area contributed by atoms with E-state index in [0.29, 0.717) is 33.9 Å². The van der Waals surface area contributed by atoms with Crippen molar-refractivity contribution in [1.82, 2.24) is 9.36 Å². The van der Waals surface area contributed by atoms with Crippen molar-refractivity contribution in [2.45, 2.75) is 66.0 Å². The first-order valence-corrected chi connectivity index (χ1v) is 13.1. The summed E-state index contributed by atoms with van der Waals surface area (Å²) in [6.07, 6.45) is 3.24. The summed E-state index contributed by atoms with van der Waals surface area (Å²) in [7, 11) is 0. The molecule has 2 heterocycles. The molecule has 1 aliphatic rings. The fourth-order valence-corrected chi connectivity index (χ4v) is 4.38. The SMILES string of the molecule is CC.Cc1c(N(c2cc(C#Cc3ccc(NC(=O)OC(C)(C)C)nc3)c(F)cc2C=O)C2CC2)s[nH]c1=O. The average Bonchev–Trinajstić information content (AvgIpc) is 3.66. The van der Waals surface area contributed by atoms with E-state index < -0.39 is 17.5 Å². The van der Waals surface area contributed by atoms with Gasteiger partial charge in [0, 0.05) is 23.4 Å². The highest BCUT2D eigenvalue weighted by molar-refractivity contribution is 7.10. The summed E-state index contributed by atoms with van der Waals surface area (Å²) in [6, 6.07) is 6.03. The fraction of sp³-hybridized carbons (Fsp3) is 0.357. The molecule has 0 aliphatic heterocycles. The van der Waals surface area contributed by atoms with Crippen molar-refractivity contribution in [3.05, 3.63) is 68.9 Å². The maximum Gasteiger partial charge on any atom is 0.413 e. The minimum absolute atomic E-state index is 0.109. The quantitative estimate of drug-likeness (QED) is 0.298. The van der Waals surface area contributed by atoms with Gasteiger partial charge in [0.1, 0.15) is 22.2 Å². The lowest BCUT2D eigenvalue weighted by molar-refractivity contribution is 0.0635. The number of aromatic nitrogens is 2. The molecule has 1 aromatic carbocycles. The van der Waals surface area contributed by atoms with Gasteiger partial charge in [0.05, 0.1) is 16.8 Å². The Morgan fingerprint density at radius 2 is 1.97 bits per heavy atom. The number of halogens is 1. The van der Waals surface area contributed by atoms with Crippen LogP contribution in [0.25, 0.3) is 0 Å². The Kier molecular flexibility index (Phi) is 9.07. The van der Waals surface area contributed by atoms with Gasteiger partial charge >= 0.3 is 6.09 Å². The number of rotatable bonds is 5. The minimum atomic E-state index is -0.634. The first-order chi connectivity index (χ1) is 18.1. The van der Waals surface area contributed by atoms with Crippen molar-refractivity contribution in [2.24, 2.45) is 0 Å². The van der Waals surface area contributed by atoms with Crippen molar-refractivity contribution < 1.29 is 18.7 Å². The van der Waals surface area contributed by atoms with Crippen LogP contribution < -0.4 is 15.8 Å². The Labute approximate surface area is 225 Å². The fourth-order valence-electron chi connectivity index (χ4n) is 3.44. The summed E-state index contributed by atoms with van der Waals surface area (Å²) >= 11 is 1.19. The van der Waals surface area contributed by atoms with Crippen LogP contribution in [0.3, 0.4) is 0 Å². The summed E-state index contributed by atoms with van der Waals surface area (Å²) in [4.78, 5) is 41.8. The zero-order valence-corrected chi connectivity index (χ0v) is 23.1. The van der Waals surface area contributed by atoms with Crippen LogP contribution >= 0.6 is 11.5 Å². The number of carbonyl (C=O) groups is 2. The van der Waals surface area contributed by atoms with Crippen LogP contribution in [0.1, 0.15) is 74.5 Å². The maximum atomic E-state index is 14.8. The smallest absolute Gasteiger partial charge is 0.413 e. The van der Waals surface area contributed by atoms with Crippen LogP contribution in [0.2, 0.25) is 0 Å². The van der Waals surface area contributed by atoms with Crippen molar-refractivity contribution in [2.75, 3.05) is 10.2 Å². The van der Waals surface area contributed by atoms with Gasteiger partial charge in [-0.3, -0.25) is 19.3 Å². The Morgan fingerprint density at radius 1 is 1.26 bits per heavy atom. The second-order valence-corrected chi connectivity index (χ2v) is 10.2. The zero-order chi connectivity index (χ0) is 28.0. The maximum absolute atomic E-state index is 14.8. The zero-order valence-electron chi connectivity index (χ0n) is 22.3. The molecular formula is C28H31FN4O4S. The van der Waals surface area contributed by atoms with Crippen molar-refractivity contribution in [3.8, 4) is 11.8 Å². The number of anilines is 3. The standard InChI is InChI=1S/C26H25FN4O4S.C2H6/c1-15-23(33)30-36-24(15)31(19-8-9-19)21-12-17(20(27)11-18(21)14-32)7-5-16-6-10-22(28-13-16)29-25(34)35-26(2,3)4;1-2/h6,10-14,19H,8-9H2,1-4H3,(H,30,33)(H,28,29,34);1-2H3. The highest BCUT2D eigenvalue weighted by atomic mass is 32.1. The van der Waals surface area contributed by atoms with E-state index in [1.54, 1.807) is 45.9 Å². The van der Waals surface area contributed by atoms with Gasteiger partial charge in [-0.15, -0.1) is 0 Å². The van der Waals surface area contributed by atoms with Crippen LogP contribution in [0.4, 0.5) is 25.7 Å². The molecule has 0 saturated heterocycles. The van der Waals surface area contributed by atoms with Crippen LogP contribution in [-0.4, -0.2) is 33.4 Å². The first kappa shape index (κ1) is 28.6. The van der Waals surface area contributed by atoms with Crippen molar-refractivity contribution in [1.29, 1.82) is 0 Å². The van der Waals surface area contributed by atoms with E-state index >= 15 is 0 Å². The molecule has 2 N–H and O–H groups in total. The van der Waals surface area contributed by atoms with Crippen LogP contribution in [0, 0.1) is 24.6 Å². The van der Waals surface area contributed by atoms with Gasteiger partial charge in [-0.1, -0.05) is 25.7 Å². The van der Waals surface area contributed by atoms with Crippen LogP contribution in [0.15, 0.2) is 35.3 Å². The molecule has 200 valence electrons. The van der Waals surface area contributed by atoms with Gasteiger partial charge in [-0.2, -0.15) is 0 Å². The highest BCUT2D eigenvalue weighted by Crippen LogP contribution is 2.42. The second-order valence-electron chi connectivity index (χ2n) is 9.38. The highest BCUT2D eigenvalue weighted by Gasteiger charge is 2.34. The number of benzene rings is 1. The second kappa shape index (κ2) is 12.0.